The number of imidazole rings is 1. The molecule has 2 aromatic heterocycles. The maximum Gasteiger partial charge on any atom is 0.137 e. The third-order valence-corrected chi connectivity index (χ3v) is 5.40. The van der Waals surface area contributed by atoms with Crippen molar-refractivity contribution >= 4 is 11.6 Å². The number of nitrogens with zero attached hydrogens (tertiary/aromatic N) is 2. The number of carboxylic acid groups (broad SMARTS) is 1. The number of carboxylic acids is 1. The first-order chi connectivity index (χ1) is 12.6. The zero-order valence-corrected chi connectivity index (χ0v) is 14.9. The van der Waals surface area contributed by atoms with Crippen molar-refractivity contribution in [1.29, 1.82) is 0 Å². The summed E-state index contributed by atoms with van der Waals surface area (Å²) in [5.41, 5.74) is 5.51. The summed E-state index contributed by atoms with van der Waals surface area (Å²) in [7, 11) is 0. The predicted molar refractivity (Wildman–Crippen MR) is 97.5 cm³/mol. The highest BCUT2D eigenvalue weighted by Crippen LogP contribution is 2.24. The van der Waals surface area contributed by atoms with Gasteiger partial charge >= 0.3 is 0 Å². The fourth-order valence-electron chi connectivity index (χ4n) is 3.83. The van der Waals surface area contributed by atoms with Crippen LogP contribution < -0.4 is 10.0 Å². The average Bonchev–Trinajstić information content (AvgIpc) is 3.01. The Kier molecular flexibility index (Phi) is 4.47. The second kappa shape index (κ2) is 6.92. The number of piperidine rings is 1. The number of aromatic nitrogens is 2. The van der Waals surface area contributed by atoms with Crippen molar-refractivity contribution in [2.24, 2.45) is 5.92 Å². The van der Waals surface area contributed by atoms with E-state index in [9.17, 15) is 9.90 Å². The Bertz CT molecular complexity index is 922. The molecule has 4 rings (SSSR count). The maximum atomic E-state index is 11.1. The summed E-state index contributed by atoms with van der Waals surface area (Å²) in [6, 6.07) is 14.5. The van der Waals surface area contributed by atoms with Crippen molar-refractivity contribution in [3.05, 3.63) is 59.9 Å². The second-order valence-electron chi connectivity index (χ2n) is 7.22. The summed E-state index contributed by atoms with van der Waals surface area (Å²) in [6.07, 6.45) is 3.44. The van der Waals surface area contributed by atoms with E-state index in [4.69, 9.17) is 4.98 Å². The van der Waals surface area contributed by atoms with E-state index >= 15 is 0 Å². The molecule has 134 valence electrons. The van der Waals surface area contributed by atoms with Gasteiger partial charge in [-0.1, -0.05) is 35.9 Å². The summed E-state index contributed by atoms with van der Waals surface area (Å²) in [6.45, 7) is 4.63. The molecule has 0 aliphatic carbocycles. The largest absolute Gasteiger partial charge is 0.550 e. The van der Waals surface area contributed by atoms with Gasteiger partial charge in [0.2, 0.25) is 0 Å². The lowest BCUT2D eigenvalue weighted by Crippen LogP contribution is -3.12. The number of likely N-dealkylation sites (tertiary alicyclic amines) is 1. The van der Waals surface area contributed by atoms with Gasteiger partial charge in [0, 0.05) is 36.5 Å². The van der Waals surface area contributed by atoms with Crippen molar-refractivity contribution in [2.45, 2.75) is 26.3 Å². The highest BCUT2D eigenvalue weighted by molar-refractivity contribution is 5.68. The lowest BCUT2D eigenvalue weighted by molar-refractivity contribution is -0.919. The zero-order chi connectivity index (χ0) is 18.1. The van der Waals surface area contributed by atoms with E-state index in [1.54, 1.807) is 0 Å². The Morgan fingerprint density at radius 1 is 1.19 bits per heavy atom. The fraction of sp³-hybridized carbons (Fsp3) is 0.333. The molecule has 1 saturated heterocycles. The molecule has 26 heavy (non-hydrogen) atoms. The van der Waals surface area contributed by atoms with Crippen molar-refractivity contribution < 1.29 is 14.8 Å². The molecule has 0 atom stereocenters. The molecule has 0 radical (unpaired) electrons. The molecule has 1 N–H and O–H groups in total. The molecular formula is C21H23N3O2. The number of quaternary nitrogens is 1. The maximum absolute atomic E-state index is 11.1. The van der Waals surface area contributed by atoms with Crippen LogP contribution in [0.25, 0.3) is 16.9 Å². The van der Waals surface area contributed by atoms with Gasteiger partial charge in [0.25, 0.3) is 0 Å². The van der Waals surface area contributed by atoms with Gasteiger partial charge < -0.3 is 14.8 Å². The molecule has 1 aliphatic heterocycles. The Morgan fingerprint density at radius 2 is 1.92 bits per heavy atom. The third kappa shape index (κ3) is 3.22. The smallest absolute Gasteiger partial charge is 0.137 e. The highest BCUT2D eigenvalue weighted by atomic mass is 16.4. The Morgan fingerprint density at radius 3 is 2.62 bits per heavy atom. The highest BCUT2D eigenvalue weighted by Gasteiger charge is 2.25. The van der Waals surface area contributed by atoms with E-state index in [0.29, 0.717) is 12.8 Å². The summed E-state index contributed by atoms with van der Waals surface area (Å²) in [5, 5.41) is 11.1. The molecule has 1 aliphatic rings. The van der Waals surface area contributed by atoms with E-state index in [2.05, 4.69) is 41.8 Å². The number of fused-ring (bicyclic) bond motifs is 1. The van der Waals surface area contributed by atoms with Crippen molar-refractivity contribution in [1.82, 2.24) is 9.38 Å². The molecule has 5 heteroatoms. The quantitative estimate of drug-likeness (QED) is 0.760. The van der Waals surface area contributed by atoms with Crippen molar-refractivity contribution in [2.75, 3.05) is 13.1 Å². The van der Waals surface area contributed by atoms with Crippen LogP contribution in [0.2, 0.25) is 0 Å². The molecule has 3 heterocycles. The molecule has 5 nitrogen and oxygen atoms in total. The zero-order valence-electron chi connectivity index (χ0n) is 14.9. The van der Waals surface area contributed by atoms with E-state index in [1.807, 2.05) is 18.2 Å². The fourth-order valence-corrected chi connectivity index (χ4v) is 3.83. The first-order valence-electron chi connectivity index (χ1n) is 9.19. The third-order valence-electron chi connectivity index (χ3n) is 5.40. The van der Waals surface area contributed by atoms with Gasteiger partial charge in [0.1, 0.15) is 17.9 Å². The van der Waals surface area contributed by atoms with E-state index < -0.39 is 5.97 Å². The number of hydrogen-bond acceptors (Lipinski definition) is 3. The number of carbonyl (C=O) groups excluding carboxylic acids is 1. The number of benzene rings is 1. The van der Waals surface area contributed by atoms with Crippen LogP contribution in [-0.4, -0.2) is 28.4 Å². The van der Waals surface area contributed by atoms with Gasteiger partial charge in [-0.2, -0.15) is 0 Å². The number of carbonyl (C=O) groups is 1. The molecule has 0 bridgehead atoms. The Hall–Kier alpha value is -2.66. The average molecular weight is 349 g/mol. The molecule has 3 aromatic rings. The Balaban J connectivity index is 1.66. The first-order valence-corrected chi connectivity index (χ1v) is 9.19. The molecule has 0 saturated carbocycles. The standard InChI is InChI=1S/C21H23N3O2/c1-15-5-7-16(8-6-15)20-18(24-11-3-2-4-19(24)22-20)14-23-12-9-17(10-13-23)21(25)26/h2-8,11,17H,9-10,12-14H2,1H3,(H,25,26). The van der Waals surface area contributed by atoms with Crippen LogP contribution >= 0.6 is 0 Å². The normalized spacial score (nSPS) is 20.3. The summed E-state index contributed by atoms with van der Waals surface area (Å²) >= 11 is 0. The summed E-state index contributed by atoms with van der Waals surface area (Å²) < 4.78 is 2.16. The van der Waals surface area contributed by atoms with Crippen LogP contribution in [0.4, 0.5) is 0 Å². The van der Waals surface area contributed by atoms with Gasteiger partial charge in [0.05, 0.1) is 18.8 Å². The van der Waals surface area contributed by atoms with Gasteiger partial charge in [-0.15, -0.1) is 0 Å². The number of aryl methyl sites for hydroxylation is 1. The number of aliphatic carboxylic acids is 1. The van der Waals surface area contributed by atoms with Gasteiger partial charge in [-0.25, -0.2) is 4.98 Å². The lowest BCUT2D eigenvalue weighted by atomic mass is 9.97. The minimum Gasteiger partial charge on any atom is -0.550 e. The van der Waals surface area contributed by atoms with Gasteiger partial charge in [0.15, 0.2) is 0 Å². The second-order valence-corrected chi connectivity index (χ2v) is 7.22. The van der Waals surface area contributed by atoms with Gasteiger partial charge in [-0.05, 0) is 19.1 Å². The molecule has 1 aromatic carbocycles. The monoisotopic (exact) mass is 349 g/mol. The Labute approximate surface area is 152 Å². The minimum atomic E-state index is -0.904. The van der Waals surface area contributed by atoms with Crippen molar-refractivity contribution in [3.8, 4) is 11.3 Å². The SMILES string of the molecule is Cc1ccc(-c2nc3ccccn3c2C[NH+]2CCC(C(=O)[O-])CC2)cc1. The first kappa shape index (κ1) is 16.8. The van der Waals surface area contributed by atoms with Crippen LogP contribution in [0.1, 0.15) is 24.1 Å². The van der Waals surface area contributed by atoms with Gasteiger partial charge in [-0.3, -0.25) is 4.40 Å². The molecule has 0 spiro atoms. The molecule has 1 fully saturated rings. The predicted octanol–water partition coefficient (Wildman–Crippen LogP) is 0.855. The number of pyridine rings is 1. The van der Waals surface area contributed by atoms with E-state index in [0.717, 1.165) is 36.5 Å². The molecular weight excluding hydrogens is 326 g/mol. The number of rotatable bonds is 4. The van der Waals surface area contributed by atoms with Crippen LogP contribution in [0, 0.1) is 12.8 Å². The van der Waals surface area contributed by atoms with Crippen LogP contribution in [-0.2, 0) is 11.3 Å². The lowest BCUT2D eigenvalue weighted by Gasteiger charge is -2.29. The van der Waals surface area contributed by atoms with Crippen LogP contribution in [0.3, 0.4) is 0 Å². The van der Waals surface area contributed by atoms with Crippen molar-refractivity contribution in [3.63, 3.8) is 0 Å². The van der Waals surface area contributed by atoms with E-state index in [1.165, 1.54) is 16.2 Å². The number of nitrogens with one attached hydrogen (secondary N) is 1. The topological polar surface area (TPSA) is 61.9 Å². The summed E-state index contributed by atoms with van der Waals surface area (Å²) in [5.74, 6) is -1.20. The number of hydrogen-bond donors (Lipinski definition) is 1. The molecule has 0 amide bonds. The minimum absolute atomic E-state index is 0.294. The molecule has 0 unspecified atom stereocenters. The van der Waals surface area contributed by atoms with Crippen LogP contribution in [0.5, 0.6) is 0 Å². The summed E-state index contributed by atoms with van der Waals surface area (Å²) in [4.78, 5) is 17.4. The van der Waals surface area contributed by atoms with E-state index in [-0.39, 0.29) is 5.92 Å². The van der Waals surface area contributed by atoms with Crippen LogP contribution in [0.15, 0.2) is 48.7 Å².